The average molecular weight is 252 g/mol. The van der Waals surface area contributed by atoms with Gasteiger partial charge in [0.25, 0.3) is 0 Å². The van der Waals surface area contributed by atoms with E-state index in [1.165, 1.54) is 32.1 Å². The molecule has 0 aliphatic heterocycles. The van der Waals surface area contributed by atoms with Gasteiger partial charge in [-0.2, -0.15) is 11.8 Å². The van der Waals surface area contributed by atoms with Crippen LogP contribution in [0.2, 0.25) is 0 Å². The monoisotopic (exact) mass is 252 g/mol. The number of hydrogen-bond donors (Lipinski definition) is 0. The van der Waals surface area contributed by atoms with Gasteiger partial charge in [0, 0.05) is 24.2 Å². The van der Waals surface area contributed by atoms with Gasteiger partial charge in [-0.3, -0.25) is 4.79 Å². The van der Waals surface area contributed by atoms with E-state index in [1.807, 2.05) is 29.4 Å². The molecule has 1 heterocycles. The van der Waals surface area contributed by atoms with E-state index in [0.29, 0.717) is 16.8 Å². The summed E-state index contributed by atoms with van der Waals surface area (Å²) in [5.74, 6) is 1.38. The Hall–Kier alpha value is -0.770. The molecule has 17 heavy (non-hydrogen) atoms. The van der Waals surface area contributed by atoms with E-state index in [2.05, 4.69) is 4.98 Å². The summed E-state index contributed by atoms with van der Waals surface area (Å²) in [5, 5.41) is 0.692. The normalized spacial score (nSPS) is 17.2. The van der Waals surface area contributed by atoms with Crippen LogP contribution in [0.25, 0.3) is 0 Å². The highest BCUT2D eigenvalue weighted by molar-refractivity contribution is 8.00. The van der Waals surface area contributed by atoms with E-state index >= 15 is 0 Å². The summed E-state index contributed by atoms with van der Waals surface area (Å²) in [5.41, 5.74) is 0. The quantitative estimate of drug-likeness (QED) is 0.755. The molecular weight excluding hydrogens is 232 g/mol. The number of Topliss-reactive ketones (excluding diaryl/α,β-unsaturated/α-hetero) is 1. The molecule has 0 saturated heterocycles. The van der Waals surface area contributed by atoms with Gasteiger partial charge < -0.3 is 4.57 Å². The van der Waals surface area contributed by atoms with Crippen molar-refractivity contribution in [2.75, 3.05) is 5.75 Å². The van der Waals surface area contributed by atoms with Gasteiger partial charge in [0.1, 0.15) is 0 Å². The highest BCUT2D eigenvalue weighted by atomic mass is 32.2. The molecule has 4 heteroatoms. The predicted molar refractivity (Wildman–Crippen MR) is 71.6 cm³/mol. The minimum atomic E-state index is 0.174. The molecule has 1 aromatic rings. The first-order chi connectivity index (χ1) is 8.31. The molecule has 0 unspecified atom stereocenters. The summed E-state index contributed by atoms with van der Waals surface area (Å²) < 4.78 is 1.92. The van der Waals surface area contributed by atoms with Gasteiger partial charge in [0.2, 0.25) is 5.78 Å². The number of aromatic nitrogens is 2. The topological polar surface area (TPSA) is 34.9 Å². The van der Waals surface area contributed by atoms with E-state index in [-0.39, 0.29) is 5.78 Å². The van der Waals surface area contributed by atoms with E-state index in [0.717, 1.165) is 6.54 Å². The van der Waals surface area contributed by atoms with Crippen molar-refractivity contribution in [3.05, 3.63) is 18.2 Å². The fourth-order valence-electron chi connectivity index (χ4n) is 2.31. The molecule has 0 spiro atoms. The first-order valence-electron chi connectivity index (χ1n) is 6.47. The van der Waals surface area contributed by atoms with Crippen molar-refractivity contribution in [2.24, 2.45) is 0 Å². The first-order valence-corrected chi connectivity index (χ1v) is 7.52. The maximum atomic E-state index is 12.0. The molecule has 0 N–H and O–H groups in total. The number of thioether (sulfide) groups is 1. The fourth-order valence-corrected chi connectivity index (χ4v) is 3.49. The van der Waals surface area contributed by atoms with Crippen LogP contribution in [0.15, 0.2) is 12.4 Å². The van der Waals surface area contributed by atoms with E-state index in [9.17, 15) is 4.79 Å². The average Bonchev–Trinajstić information content (AvgIpc) is 2.85. The van der Waals surface area contributed by atoms with Crippen LogP contribution in [0.4, 0.5) is 0 Å². The minimum absolute atomic E-state index is 0.174. The van der Waals surface area contributed by atoms with Gasteiger partial charge in [0.05, 0.1) is 5.75 Å². The maximum absolute atomic E-state index is 12.0. The Kier molecular flexibility index (Phi) is 4.66. The highest BCUT2D eigenvalue weighted by Crippen LogP contribution is 2.28. The first kappa shape index (κ1) is 12.7. The van der Waals surface area contributed by atoms with Crippen LogP contribution < -0.4 is 0 Å². The summed E-state index contributed by atoms with van der Waals surface area (Å²) in [6, 6.07) is 0. The van der Waals surface area contributed by atoms with Crippen LogP contribution in [-0.4, -0.2) is 26.3 Å². The number of carbonyl (C=O) groups is 1. The number of nitrogens with zero attached hydrogens (tertiary/aromatic N) is 2. The molecule has 94 valence electrons. The molecule has 2 rings (SSSR count). The van der Waals surface area contributed by atoms with Crippen LogP contribution in [-0.2, 0) is 6.54 Å². The Bertz CT molecular complexity index is 369. The Labute approximate surface area is 107 Å². The number of rotatable bonds is 5. The van der Waals surface area contributed by atoms with E-state index in [4.69, 9.17) is 0 Å². The lowest BCUT2D eigenvalue weighted by atomic mass is 10.0. The lowest BCUT2D eigenvalue weighted by Gasteiger charge is -2.20. The molecule has 1 aliphatic rings. The Balaban J connectivity index is 1.84. The molecule has 1 saturated carbocycles. The molecule has 0 bridgehead atoms. The van der Waals surface area contributed by atoms with Crippen molar-refractivity contribution in [3.63, 3.8) is 0 Å². The molecule has 0 atom stereocenters. The lowest BCUT2D eigenvalue weighted by Crippen LogP contribution is -2.15. The molecule has 1 aliphatic carbocycles. The zero-order chi connectivity index (χ0) is 12.1. The molecule has 1 fully saturated rings. The highest BCUT2D eigenvalue weighted by Gasteiger charge is 2.17. The van der Waals surface area contributed by atoms with Crippen molar-refractivity contribution in [3.8, 4) is 0 Å². The molecule has 0 radical (unpaired) electrons. The number of hydrogen-bond acceptors (Lipinski definition) is 3. The standard InChI is InChI=1S/C13H20N2OS/c1-2-15-9-8-14-13(15)12(16)10-17-11-6-4-3-5-7-11/h8-9,11H,2-7,10H2,1H3. The van der Waals surface area contributed by atoms with Gasteiger partial charge in [-0.05, 0) is 19.8 Å². The summed E-state index contributed by atoms with van der Waals surface area (Å²) in [6.07, 6.45) is 10.2. The van der Waals surface area contributed by atoms with Gasteiger partial charge in [-0.25, -0.2) is 4.98 Å². The third-order valence-corrected chi connectivity index (χ3v) is 4.68. The number of aryl methyl sites for hydroxylation is 1. The second-order valence-electron chi connectivity index (χ2n) is 4.53. The lowest BCUT2D eigenvalue weighted by molar-refractivity contribution is 0.100. The number of imidazole rings is 1. The molecule has 1 aromatic heterocycles. The SMILES string of the molecule is CCn1ccnc1C(=O)CSC1CCCCC1. The maximum Gasteiger partial charge on any atom is 0.208 e. The zero-order valence-electron chi connectivity index (χ0n) is 10.4. The smallest absolute Gasteiger partial charge is 0.208 e. The Morgan fingerprint density at radius 1 is 1.47 bits per heavy atom. The van der Waals surface area contributed by atoms with Crippen molar-refractivity contribution in [1.82, 2.24) is 9.55 Å². The molecular formula is C13H20N2OS. The minimum Gasteiger partial charge on any atom is -0.329 e. The van der Waals surface area contributed by atoms with Crippen LogP contribution in [0, 0.1) is 0 Å². The van der Waals surface area contributed by atoms with Crippen LogP contribution >= 0.6 is 11.8 Å². The summed E-state index contributed by atoms with van der Waals surface area (Å²) in [6.45, 7) is 2.85. The van der Waals surface area contributed by atoms with Crippen molar-refractivity contribution in [1.29, 1.82) is 0 Å². The fraction of sp³-hybridized carbons (Fsp3) is 0.692. The molecule has 0 amide bonds. The van der Waals surface area contributed by atoms with Crippen molar-refractivity contribution < 1.29 is 4.79 Å². The zero-order valence-corrected chi connectivity index (χ0v) is 11.2. The van der Waals surface area contributed by atoms with Crippen molar-refractivity contribution in [2.45, 2.75) is 50.8 Å². The summed E-state index contributed by atoms with van der Waals surface area (Å²) in [7, 11) is 0. The molecule has 0 aromatic carbocycles. The van der Waals surface area contributed by atoms with Gasteiger partial charge >= 0.3 is 0 Å². The predicted octanol–water partition coefficient (Wildman–Crippen LogP) is 3.15. The second-order valence-corrected chi connectivity index (χ2v) is 5.82. The largest absolute Gasteiger partial charge is 0.329 e. The van der Waals surface area contributed by atoms with E-state index < -0.39 is 0 Å². The van der Waals surface area contributed by atoms with Gasteiger partial charge in [0.15, 0.2) is 5.82 Å². The van der Waals surface area contributed by atoms with Crippen molar-refractivity contribution >= 4 is 17.5 Å². The summed E-state index contributed by atoms with van der Waals surface area (Å²) >= 11 is 1.82. The molecule has 3 nitrogen and oxygen atoms in total. The number of carbonyl (C=O) groups excluding carboxylic acids is 1. The third kappa shape index (κ3) is 3.35. The van der Waals surface area contributed by atoms with E-state index in [1.54, 1.807) is 6.20 Å². The van der Waals surface area contributed by atoms with Gasteiger partial charge in [-0.15, -0.1) is 0 Å². The van der Waals surface area contributed by atoms with Crippen LogP contribution in [0.1, 0.15) is 49.6 Å². The van der Waals surface area contributed by atoms with Gasteiger partial charge in [-0.1, -0.05) is 19.3 Å². The third-order valence-electron chi connectivity index (χ3n) is 3.31. The second kappa shape index (κ2) is 6.24. The Morgan fingerprint density at radius 2 is 2.24 bits per heavy atom. The number of ketones is 1. The van der Waals surface area contributed by atoms with Crippen LogP contribution in [0.3, 0.4) is 0 Å². The Morgan fingerprint density at radius 3 is 2.94 bits per heavy atom. The van der Waals surface area contributed by atoms with Crippen LogP contribution in [0.5, 0.6) is 0 Å². The summed E-state index contributed by atoms with van der Waals surface area (Å²) in [4.78, 5) is 16.2.